The lowest BCUT2D eigenvalue weighted by atomic mass is 9.98. The normalized spacial score (nSPS) is 11.4. The molecule has 0 fully saturated rings. The van der Waals surface area contributed by atoms with Crippen molar-refractivity contribution in [2.24, 2.45) is 0 Å². The average molecular weight is 402 g/mol. The van der Waals surface area contributed by atoms with E-state index in [1.54, 1.807) is 36.4 Å². The van der Waals surface area contributed by atoms with Gasteiger partial charge in [-0.05, 0) is 54.3 Å². The summed E-state index contributed by atoms with van der Waals surface area (Å²) in [5, 5.41) is 5.65. The zero-order valence-electron chi connectivity index (χ0n) is 17.2. The third-order valence-electron chi connectivity index (χ3n) is 4.86. The van der Waals surface area contributed by atoms with Gasteiger partial charge in [-0.25, -0.2) is 0 Å². The molecule has 0 aliphatic carbocycles. The molecule has 0 saturated heterocycles. The maximum absolute atomic E-state index is 12.4. The van der Waals surface area contributed by atoms with Crippen molar-refractivity contribution >= 4 is 23.2 Å². The molecule has 3 aromatic rings. The highest BCUT2D eigenvalue weighted by atomic mass is 16.5. The first-order chi connectivity index (χ1) is 14.6. The molecule has 0 aromatic heterocycles. The van der Waals surface area contributed by atoms with E-state index in [0.29, 0.717) is 22.9 Å². The second-order valence-electron chi connectivity index (χ2n) is 7.08. The van der Waals surface area contributed by atoms with Gasteiger partial charge >= 0.3 is 0 Å². The van der Waals surface area contributed by atoms with Crippen LogP contribution in [-0.4, -0.2) is 18.4 Å². The van der Waals surface area contributed by atoms with Crippen LogP contribution in [0.3, 0.4) is 0 Å². The Balaban J connectivity index is 1.59. The van der Waals surface area contributed by atoms with Crippen LogP contribution in [0.5, 0.6) is 5.75 Å². The van der Waals surface area contributed by atoms with E-state index in [1.807, 2.05) is 42.5 Å². The molecule has 0 spiro atoms. The van der Waals surface area contributed by atoms with Crippen molar-refractivity contribution in [1.82, 2.24) is 0 Å². The quantitative estimate of drug-likeness (QED) is 0.525. The monoisotopic (exact) mass is 402 g/mol. The predicted molar refractivity (Wildman–Crippen MR) is 120 cm³/mol. The topological polar surface area (TPSA) is 67.4 Å². The van der Waals surface area contributed by atoms with Gasteiger partial charge in [-0.3, -0.25) is 9.59 Å². The molecule has 1 unspecified atom stereocenters. The van der Waals surface area contributed by atoms with Gasteiger partial charge in [-0.15, -0.1) is 0 Å². The smallest absolute Gasteiger partial charge is 0.262 e. The minimum absolute atomic E-state index is 0.0892. The summed E-state index contributed by atoms with van der Waals surface area (Å²) in [7, 11) is 0. The molecule has 0 bridgehead atoms. The Bertz CT molecular complexity index is 1000. The van der Waals surface area contributed by atoms with Gasteiger partial charge in [0.05, 0.1) is 0 Å². The van der Waals surface area contributed by atoms with Gasteiger partial charge in [0.2, 0.25) is 0 Å². The van der Waals surface area contributed by atoms with Crippen LogP contribution in [0.15, 0.2) is 78.9 Å². The zero-order valence-corrected chi connectivity index (χ0v) is 17.2. The maximum Gasteiger partial charge on any atom is 0.262 e. The number of rotatable bonds is 8. The standard InChI is InChI=1S/C25H26N2O3/c1-3-18(2)22-14-7-8-15-23(22)30-17-24(28)26-20-12-9-13-21(16-20)27-25(29)19-10-5-4-6-11-19/h4-16,18H,3,17H2,1-2H3,(H,26,28)(H,27,29). The number of hydrogen-bond donors (Lipinski definition) is 2. The lowest BCUT2D eigenvalue weighted by molar-refractivity contribution is -0.118. The molecular weight excluding hydrogens is 376 g/mol. The SMILES string of the molecule is CCC(C)c1ccccc1OCC(=O)Nc1cccc(NC(=O)c2ccccc2)c1. The molecule has 2 amide bonds. The van der Waals surface area contributed by atoms with Gasteiger partial charge in [0.1, 0.15) is 5.75 Å². The van der Waals surface area contributed by atoms with Crippen molar-refractivity contribution in [1.29, 1.82) is 0 Å². The molecule has 0 aliphatic heterocycles. The van der Waals surface area contributed by atoms with Crippen LogP contribution in [0.25, 0.3) is 0 Å². The Morgan fingerprint density at radius 2 is 1.53 bits per heavy atom. The molecule has 5 heteroatoms. The van der Waals surface area contributed by atoms with Crippen molar-refractivity contribution in [2.75, 3.05) is 17.2 Å². The fourth-order valence-corrected chi connectivity index (χ4v) is 3.05. The molecule has 3 aromatic carbocycles. The minimum Gasteiger partial charge on any atom is -0.483 e. The van der Waals surface area contributed by atoms with E-state index in [9.17, 15) is 9.59 Å². The number of carbonyl (C=O) groups excluding carboxylic acids is 2. The predicted octanol–water partition coefficient (Wildman–Crippen LogP) is 5.47. The number of benzene rings is 3. The van der Waals surface area contributed by atoms with Gasteiger partial charge in [0.15, 0.2) is 6.61 Å². The number of ether oxygens (including phenoxy) is 1. The molecule has 5 nitrogen and oxygen atoms in total. The summed E-state index contributed by atoms with van der Waals surface area (Å²) in [4.78, 5) is 24.7. The Morgan fingerprint density at radius 3 is 2.27 bits per heavy atom. The Hall–Kier alpha value is -3.60. The number of nitrogens with one attached hydrogen (secondary N) is 2. The number of amides is 2. The van der Waals surface area contributed by atoms with E-state index >= 15 is 0 Å². The molecule has 0 saturated carbocycles. The van der Waals surface area contributed by atoms with Crippen LogP contribution in [0, 0.1) is 0 Å². The van der Waals surface area contributed by atoms with Crippen LogP contribution >= 0.6 is 0 Å². The van der Waals surface area contributed by atoms with Crippen molar-refractivity contribution in [3.05, 3.63) is 90.0 Å². The zero-order chi connectivity index (χ0) is 21.3. The van der Waals surface area contributed by atoms with E-state index in [0.717, 1.165) is 17.7 Å². The van der Waals surface area contributed by atoms with E-state index in [-0.39, 0.29) is 18.4 Å². The first-order valence-electron chi connectivity index (χ1n) is 10.0. The summed E-state index contributed by atoms with van der Waals surface area (Å²) < 4.78 is 5.76. The third kappa shape index (κ3) is 5.70. The lowest BCUT2D eigenvalue weighted by Crippen LogP contribution is -2.21. The molecular formula is C25H26N2O3. The van der Waals surface area contributed by atoms with Gasteiger partial charge < -0.3 is 15.4 Å². The first-order valence-corrected chi connectivity index (χ1v) is 10.0. The van der Waals surface area contributed by atoms with Crippen LogP contribution < -0.4 is 15.4 Å². The second kappa shape index (κ2) is 10.3. The van der Waals surface area contributed by atoms with Crippen molar-refractivity contribution in [2.45, 2.75) is 26.2 Å². The fraction of sp³-hybridized carbons (Fsp3) is 0.200. The molecule has 0 aliphatic rings. The Labute approximate surface area is 177 Å². The fourth-order valence-electron chi connectivity index (χ4n) is 3.05. The molecule has 3 rings (SSSR count). The summed E-state index contributed by atoms with van der Waals surface area (Å²) in [6.07, 6.45) is 0.994. The van der Waals surface area contributed by atoms with E-state index in [4.69, 9.17) is 4.74 Å². The number of para-hydroxylation sites is 1. The molecule has 2 N–H and O–H groups in total. The summed E-state index contributed by atoms with van der Waals surface area (Å²) in [6.45, 7) is 4.17. The van der Waals surface area contributed by atoms with Crippen LogP contribution in [0.4, 0.5) is 11.4 Å². The van der Waals surface area contributed by atoms with Crippen molar-refractivity contribution < 1.29 is 14.3 Å². The molecule has 0 heterocycles. The Kier molecular flexibility index (Phi) is 7.22. The average Bonchev–Trinajstić information content (AvgIpc) is 2.78. The number of hydrogen-bond acceptors (Lipinski definition) is 3. The van der Waals surface area contributed by atoms with Crippen LogP contribution in [0.1, 0.15) is 42.1 Å². The molecule has 154 valence electrons. The van der Waals surface area contributed by atoms with Gasteiger partial charge in [-0.1, -0.05) is 56.3 Å². The highest BCUT2D eigenvalue weighted by molar-refractivity contribution is 6.04. The molecule has 1 atom stereocenters. The summed E-state index contributed by atoms with van der Waals surface area (Å²) in [6, 6.07) is 23.8. The largest absolute Gasteiger partial charge is 0.483 e. The van der Waals surface area contributed by atoms with Crippen molar-refractivity contribution in [3.8, 4) is 5.75 Å². The van der Waals surface area contributed by atoms with Gasteiger partial charge in [0.25, 0.3) is 11.8 Å². The minimum atomic E-state index is -0.263. The van der Waals surface area contributed by atoms with Gasteiger partial charge in [0, 0.05) is 16.9 Å². The summed E-state index contributed by atoms with van der Waals surface area (Å²) in [5.74, 6) is 0.615. The molecule has 0 radical (unpaired) electrons. The second-order valence-corrected chi connectivity index (χ2v) is 7.08. The highest BCUT2D eigenvalue weighted by Crippen LogP contribution is 2.28. The van der Waals surface area contributed by atoms with E-state index < -0.39 is 0 Å². The van der Waals surface area contributed by atoms with Gasteiger partial charge in [-0.2, -0.15) is 0 Å². The summed E-state index contributed by atoms with van der Waals surface area (Å²) in [5.41, 5.74) is 2.85. The summed E-state index contributed by atoms with van der Waals surface area (Å²) >= 11 is 0. The van der Waals surface area contributed by atoms with Crippen LogP contribution in [0.2, 0.25) is 0 Å². The first kappa shape index (κ1) is 21.1. The van der Waals surface area contributed by atoms with E-state index in [2.05, 4.69) is 24.5 Å². The molecule has 30 heavy (non-hydrogen) atoms. The maximum atomic E-state index is 12.4. The third-order valence-corrected chi connectivity index (χ3v) is 4.86. The van der Waals surface area contributed by atoms with Crippen LogP contribution in [-0.2, 0) is 4.79 Å². The number of anilines is 2. The Morgan fingerprint density at radius 1 is 0.867 bits per heavy atom. The highest BCUT2D eigenvalue weighted by Gasteiger charge is 2.12. The number of carbonyl (C=O) groups is 2. The van der Waals surface area contributed by atoms with Crippen molar-refractivity contribution in [3.63, 3.8) is 0 Å². The van der Waals surface area contributed by atoms with E-state index in [1.165, 1.54) is 0 Å². The lowest BCUT2D eigenvalue weighted by Gasteiger charge is -2.15.